The Kier molecular flexibility index (Phi) is 6.65. The highest BCUT2D eigenvalue weighted by molar-refractivity contribution is 5.95. The zero-order valence-corrected chi connectivity index (χ0v) is 17.2. The van der Waals surface area contributed by atoms with Gasteiger partial charge in [0.15, 0.2) is 0 Å². The lowest BCUT2D eigenvalue weighted by Crippen LogP contribution is -2.24. The average Bonchev–Trinajstić information content (AvgIpc) is 2.83. The molecule has 0 radical (unpaired) electrons. The topological polar surface area (TPSA) is 66.9 Å². The van der Waals surface area contributed by atoms with Crippen LogP contribution in [0.3, 0.4) is 0 Å². The van der Waals surface area contributed by atoms with Gasteiger partial charge in [0.05, 0.1) is 18.1 Å². The minimum Gasteiger partial charge on any atom is -0.352 e. The van der Waals surface area contributed by atoms with Crippen LogP contribution in [0.1, 0.15) is 22.3 Å². The predicted molar refractivity (Wildman–Crippen MR) is 124 cm³/mol. The summed E-state index contributed by atoms with van der Waals surface area (Å²) in [5.74, 6) is 0.544. The van der Waals surface area contributed by atoms with Gasteiger partial charge in [-0.15, -0.1) is 0 Å². The van der Waals surface area contributed by atoms with Gasteiger partial charge in [0.1, 0.15) is 5.82 Å². The Morgan fingerprint density at radius 1 is 0.806 bits per heavy atom. The summed E-state index contributed by atoms with van der Waals surface area (Å²) >= 11 is 0. The summed E-state index contributed by atoms with van der Waals surface area (Å²) in [5, 5.41) is 6.20. The number of benzene rings is 3. The molecular formula is C26H24N4O. The van der Waals surface area contributed by atoms with E-state index in [2.05, 4.69) is 32.7 Å². The number of hydrogen-bond acceptors (Lipinski definition) is 4. The molecule has 1 amide bonds. The maximum atomic E-state index is 12.5. The predicted octanol–water partition coefficient (Wildman–Crippen LogP) is 5.25. The first-order valence-electron chi connectivity index (χ1n) is 10.3. The number of rotatable bonds is 8. The summed E-state index contributed by atoms with van der Waals surface area (Å²) in [4.78, 5) is 21.4. The van der Waals surface area contributed by atoms with Crippen LogP contribution in [0.4, 0.5) is 11.5 Å². The van der Waals surface area contributed by atoms with Gasteiger partial charge in [-0.2, -0.15) is 0 Å². The van der Waals surface area contributed by atoms with Crippen molar-refractivity contribution in [3.63, 3.8) is 0 Å². The molecule has 0 saturated heterocycles. The van der Waals surface area contributed by atoms with Crippen LogP contribution < -0.4 is 10.6 Å². The molecule has 0 aliphatic heterocycles. The zero-order valence-electron chi connectivity index (χ0n) is 17.2. The number of aryl methyl sites for hydroxylation is 1. The number of carbonyl (C=O) groups excluding carboxylic acids is 1. The highest BCUT2D eigenvalue weighted by Gasteiger charge is 2.07. The third kappa shape index (κ3) is 5.76. The van der Waals surface area contributed by atoms with E-state index in [0.717, 1.165) is 29.8 Å². The number of nitrogens with zero attached hydrogens (tertiary/aromatic N) is 2. The molecule has 0 aliphatic carbocycles. The number of anilines is 2. The van der Waals surface area contributed by atoms with Crippen LogP contribution in [0, 0.1) is 0 Å². The van der Waals surface area contributed by atoms with Crippen molar-refractivity contribution in [3.05, 3.63) is 108 Å². The maximum Gasteiger partial charge on any atom is 0.251 e. The zero-order chi connectivity index (χ0) is 21.3. The number of nitrogens with one attached hydrogen (secondary N) is 2. The van der Waals surface area contributed by atoms with Gasteiger partial charge in [-0.3, -0.25) is 9.78 Å². The quantitative estimate of drug-likeness (QED) is 0.391. The Morgan fingerprint density at radius 2 is 1.58 bits per heavy atom. The molecule has 154 valence electrons. The van der Waals surface area contributed by atoms with E-state index < -0.39 is 0 Å². The molecule has 0 aliphatic rings. The van der Waals surface area contributed by atoms with Crippen molar-refractivity contribution in [2.75, 3.05) is 11.9 Å². The Hall–Kier alpha value is -3.99. The number of hydrogen-bond donors (Lipinski definition) is 2. The van der Waals surface area contributed by atoms with E-state index in [1.807, 2.05) is 72.8 Å². The molecule has 0 bridgehead atoms. The fourth-order valence-corrected chi connectivity index (χ4v) is 3.28. The molecule has 0 spiro atoms. The summed E-state index contributed by atoms with van der Waals surface area (Å²) in [6.45, 7) is 0.637. The highest BCUT2D eigenvalue weighted by Crippen LogP contribution is 2.19. The van der Waals surface area contributed by atoms with E-state index >= 15 is 0 Å². The van der Waals surface area contributed by atoms with Gasteiger partial charge in [-0.05, 0) is 36.6 Å². The van der Waals surface area contributed by atoms with E-state index in [0.29, 0.717) is 17.9 Å². The molecule has 0 atom stereocenters. The van der Waals surface area contributed by atoms with E-state index in [1.165, 1.54) is 5.56 Å². The molecular weight excluding hydrogens is 384 g/mol. The second-order valence-corrected chi connectivity index (χ2v) is 7.20. The lowest BCUT2D eigenvalue weighted by atomic mass is 10.1. The van der Waals surface area contributed by atoms with Crippen LogP contribution in [0.25, 0.3) is 11.3 Å². The molecule has 0 fully saturated rings. The van der Waals surface area contributed by atoms with Crippen molar-refractivity contribution in [1.82, 2.24) is 15.3 Å². The SMILES string of the molecule is O=C(NCCCc1ccccc1)c1cccc(Nc2cnc(-c3ccccc3)cn2)c1. The van der Waals surface area contributed by atoms with E-state index in [1.54, 1.807) is 12.4 Å². The highest BCUT2D eigenvalue weighted by atomic mass is 16.1. The van der Waals surface area contributed by atoms with Gasteiger partial charge in [-0.1, -0.05) is 66.7 Å². The van der Waals surface area contributed by atoms with Gasteiger partial charge in [0.25, 0.3) is 5.91 Å². The fraction of sp³-hybridized carbons (Fsp3) is 0.115. The Labute approximate surface area is 182 Å². The van der Waals surface area contributed by atoms with Crippen molar-refractivity contribution in [2.24, 2.45) is 0 Å². The molecule has 3 aromatic carbocycles. The summed E-state index contributed by atoms with van der Waals surface area (Å²) in [6.07, 6.45) is 5.27. The van der Waals surface area contributed by atoms with Crippen molar-refractivity contribution < 1.29 is 4.79 Å². The first kappa shape index (κ1) is 20.3. The Morgan fingerprint density at radius 3 is 2.32 bits per heavy atom. The molecule has 4 aromatic rings. The normalized spacial score (nSPS) is 10.5. The lowest BCUT2D eigenvalue weighted by Gasteiger charge is -2.09. The van der Waals surface area contributed by atoms with Crippen LogP contribution in [0.5, 0.6) is 0 Å². The molecule has 2 N–H and O–H groups in total. The van der Waals surface area contributed by atoms with Crippen molar-refractivity contribution in [3.8, 4) is 11.3 Å². The van der Waals surface area contributed by atoms with Gasteiger partial charge in [-0.25, -0.2) is 4.98 Å². The van der Waals surface area contributed by atoms with E-state index in [9.17, 15) is 4.79 Å². The third-order valence-corrected chi connectivity index (χ3v) is 4.89. The first-order chi connectivity index (χ1) is 15.3. The van der Waals surface area contributed by atoms with Crippen LogP contribution >= 0.6 is 0 Å². The minimum atomic E-state index is -0.0813. The smallest absolute Gasteiger partial charge is 0.251 e. The lowest BCUT2D eigenvalue weighted by molar-refractivity contribution is 0.0953. The molecule has 1 heterocycles. The minimum absolute atomic E-state index is 0.0813. The van der Waals surface area contributed by atoms with Crippen molar-refractivity contribution in [2.45, 2.75) is 12.8 Å². The van der Waals surface area contributed by atoms with E-state index in [4.69, 9.17) is 0 Å². The monoisotopic (exact) mass is 408 g/mol. The van der Waals surface area contributed by atoms with Crippen molar-refractivity contribution in [1.29, 1.82) is 0 Å². The van der Waals surface area contributed by atoms with Gasteiger partial charge < -0.3 is 10.6 Å². The Balaban J connectivity index is 1.32. The molecule has 5 heteroatoms. The molecule has 4 rings (SSSR count). The van der Waals surface area contributed by atoms with Gasteiger partial charge >= 0.3 is 0 Å². The van der Waals surface area contributed by atoms with Crippen molar-refractivity contribution >= 4 is 17.4 Å². The summed E-state index contributed by atoms with van der Waals surface area (Å²) in [7, 11) is 0. The standard InChI is InChI=1S/C26H24N4O/c31-26(27-16-8-11-20-9-3-1-4-10-20)22-14-7-15-23(17-22)30-25-19-28-24(18-29-25)21-12-5-2-6-13-21/h1-7,9-10,12-15,17-19H,8,11,16H2,(H,27,31)(H,29,30). The van der Waals surface area contributed by atoms with Gasteiger partial charge in [0, 0.05) is 23.4 Å². The maximum absolute atomic E-state index is 12.5. The second-order valence-electron chi connectivity index (χ2n) is 7.20. The van der Waals surface area contributed by atoms with E-state index in [-0.39, 0.29) is 5.91 Å². The third-order valence-electron chi connectivity index (χ3n) is 4.89. The van der Waals surface area contributed by atoms with Crippen LogP contribution in [0.2, 0.25) is 0 Å². The fourth-order valence-electron chi connectivity index (χ4n) is 3.28. The largest absolute Gasteiger partial charge is 0.352 e. The number of amides is 1. The summed E-state index contributed by atoms with van der Waals surface area (Å²) in [5.41, 5.74) is 4.52. The van der Waals surface area contributed by atoms with Gasteiger partial charge in [0.2, 0.25) is 0 Å². The number of carbonyl (C=O) groups is 1. The summed E-state index contributed by atoms with van der Waals surface area (Å²) in [6, 6.07) is 27.6. The molecule has 0 saturated carbocycles. The molecule has 5 nitrogen and oxygen atoms in total. The average molecular weight is 409 g/mol. The van der Waals surface area contributed by atoms with Crippen LogP contribution in [-0.4, -0.2) is 22.4 Å². The first-order valence-corrected chi connectivity index (χ1v) is 10.3. The van der Waals surface area contributed by atoms with Crippen LogP contribution in [0.15, 0.2) is 97.3 Å². The Bertz CT molecular complexity index is 1110. The summed E-state index contributed by atoms with van der Waals surface area (Å²) < 4.78 is 0. The van der Waals surface area contributed by atoms with Crippen LogP contribution in [-0.2, 0) is 6.42 Å². The second kappa shape index (κ2) is 10.2. The molecule has 31 heavy (non-hydrogen) atoms. The number of aromatic nitrogens is 2. The molecule has 0 unspecified atom stereocenters. The molecule has 1 aromatic heterocycles.